The van der Waals surface area contributed by atoms with Gasteiger partial charge in [-0.1, -0.05) is 40.0 Å². The number of hydrogen-bond acceptors (Lipinski definition) is 2. The summed E-state index contributed by atoms with van der Waals surface area (Å²) in [5.74, 6) is 1.43. The second-order valence-corrected chi connectivity index (χ2v) is 4.38. The predicted octanol–water partition coefficient (Wildman–Crippen LogP) is 3.16. The van der Waals surface area contributed by atoms with Crippen molar-refractivity contribution >= 4 is 5.97 Å². The maximum absolute atomic E-state index is 10.9. The maximum atomic E-state index is 10.9. The molecule has 0 spiro atoms. The first-order valence-electron chi connectivity index (χ1n) is 5.71. The molecule has 0 N–H and O–H groups in total. The van der Waals surface area contributed by atoms with Crippen LogP contribution in [0.4, 0.5) is 0 Å². The molecule has 0 amide bonds. The van der Waals surface area contributed by atoms with Gasteiger partial charge in [0.2, 0.25) is 0 Å². The van der Waals surface area contributed by atoms with Gasteiger partial charge in [-0.25, -0.2) is 4.79 Å². The molecule has 86 valence electrons. The number of esters is 1. The average molecular weight is 210 g/mol. The maximum Gasteiger partial charge on any atom is 0.384 e. The highest BCUT2D eigenvalue weighted by atomic mass is 16.5. The molecule has 0 radical (unpaired) electrons. The molecule has 0 aliphatic carbocycles. The van der Waals surface area contributed by atoms with E-state index in [1.807, 2.05) is 5.92 Å². The molecule has 1 unspecified atom stereocenters. The Labute approximate surface area is 93.4 Å². The number of unbranched alkanes of at least 4 members (excludes halogenated alkanes) is 1. The van der Waals surface area contributed by atoms with Gasteiger partial charge in [0.1, 0.15) is 0 Å². The Morgan fingerprint density at radius 2 is 2.00 bits per heavy atom. The van der Waals surface area contributed by atoms with Crippen LogP contribution in [0.3, 0.4) is 0 Å². The molecule has 0 bridgehead atoms. The first-order valence-corrected chi connectivity index (χ1v) is 5.71. The molecule has 0 aliphatic rings. The molecule has 2 heteroatoms. The van der Waals surface area contributed by atoms with Crippen LogP contribution >= 0.6 is 0 Å². The van der Waals surface area contributed by atoms with Crippen molar-refractivity contribution in [2.45, 2.75) is 52.9 Å². The van der Waals surface area contributed by atoms with Crippen molar-refractivity contribution in [1.82, 2.24) is 0 Å². The zero-order chi connectivity index (χ0) is 11.7. The second-order valence-electron chi connectivity index (χ2n) is 4.38. The molecule has 0 saturated heterocycles. The summed E-state index contributed by atoms with van der Waals surface area (Å²) in [6.07, 6.45) is 10.6. The molecule has 0 fully saturated rings. The van der Waals surface area contributed by atoms with E-state index < -0.39 is 5.97 Å². The van der Waals surface area contributed by atoms with E-state index in [0.717, 1.165) is 19.3 Å². The Morgan fingerprint density at radius 3 is 2.47 bits per heavy atom. The fourth-order valence-electron chi connectivity index (χ4n) is 1.76. The Kier molecular flexibility index (Phi) is 6.86. The van der Waals surface area contributed by atoms with Crippen molar-refractivity contribution in [3.63, 3.8) is 0 Å². The summed E-state index contributed by atoms with van der Waals surface area (Å²) in [4.78, 5) is 10.9. The van der Waals surface area contributed by atoms with Crippen LogP contribution in [0, 0.1) is 17.8 Å². The van der Waals surface area contributed by atoms with Gasteiger partial charge in [-0.05, 0) is 12.8 Å². The summed E-state index contributed by atoms with van der Waals surface area (Å²) in [5.41, 5.74) is 0.0945. The standard InChI is InChI=1S/C13H22O2/c1-5-8-10-13(4,9-6-2)11-15-12(14)7-3/h3H,5-6,8-11H2,1-2,4H3. The zero-order valence-corrected chi connectivity index (χ0v) is 10.1. The van der Waals surface area contributed by atoms with Crippen LogP contribution in [-0.2, 0) is 9.53 Å². The molecule has 0 rings (SSSR count). The van der Waals surface area contributed by atoms with Crippen LogP contribution in [-0.4, -0.2) is 12.6 Å². The third-order valence-electron chi connectivity index (χ3n) is 2.66. The van der Waals surface area contributed by atoms with E-state index in [4.69, 9.17) is 11.2 Å². The summed E-state index contributed by atoms with van der Waals surface area (Å²) in [6.45, 7) is 6.92. The van der Waals surface area contributed by atoms with Gasteiger partial charge >= 0.3 is 5.97 Å². The lowest BCUT2D eigenvalue weighted by Crippen LogP contribution is -2.24. The summed E-state index contributed by atoms with van der Waals surface area (Å²) in [6, 6.07) is 0. The molecule has 15 heavy (non-hydrogen) atoms. The number of carbonyl (C=O) groups excluding carboxylic acids is 1. The van der Waals surface area contributed by atoms with Crippen molar-refractivity contribution in [2.75, 3.05) is 6.61 Å². The minimum Gasteiger partial charge on any atom is -0.456 e. The lowest BCUT2D eigenvalue weighted by molar-refractivity contribution is -0.140. The second kappa shape index (κ2) is 7.34. The highest BCUT2D eigenvalue weighted by molar-refractivity contribution is 5.87. The molecule has 0 aromatic carbocycles. The number of ether oxygens (including phenoxy) is 1. The molecule has 0 aromatic heterocycles. The predicted molar refractivity (Wildman–Crippen MR) is 62.3 cm³/mol. The van der Waals surface area contributed by atoms with Crippen LogP contribution in [0.2, 0.25) is 0 Å². The van der Waals surface area contributed by atoms with Gasteiger partial charge in [0.25, 0.3) is 0 Å². The first kappa shape index (κ1) is 14.0. The summed E-state index contributed by atoms with van der Waals surface area (Å²) in [7, 11) is 0. The smallest absolute Gasteiger partial charge is 0.384 e. The van der Waals surface area contributed by atoms with Crippen LogP contribution < -0.4 is 0 Å². The number of hydrogen-bond donors (Lipinski definition) is 0. The molecule has 0 heterocycles. The number of terminal acetylenes is 1. The first-order chi connectivity index (χ1) is 7.08. The van der Waals surface area contributed by atoms with E-state index in [2.05, 4.69) is 20.8 Å². The van der Waals surface area contributed by atoms with E-state index in [9.17, 15) is 4.79 Å². The van der Waals surface area contributed by atoms with Crippen molar-refractivity contribution in [3.05, 3.63) is 0 Å². The Hall–Kier alpha value is -0.970. The zero-order valence-electron chi connectivity index (χ0n) is 10.1. The van der Waals surface area contributed by atoms with Gasteiger partial charge in [-0.2, -0.15) is 0 Å². The van der Waals surface area contributed by atoms with Crippen LogP contribution in [0.25, 0.3) is 0 Å². The molecule has 0 aromatic rings. The molecule has 2 nitrogen and oxygen atoms in total. The van der Waals surface area contributed by atoms with Gasteiger partial charge in [0, 0.05) is 11.3 Å². The van der Waals surface area contributed by atoms with Gasteiger partial charge < -0.3 is 4.74 Å². The van der Waals surface area contributed by atoms with Crippen molar-refractivity contribution in [3.8, 4) is 12.3 Å². The fraction of sp³-hybridized carbons (Fsp3) is 0.769. The van der Waals surface area contributed by atoms with E-state index >= 15 is 0 Å². The summed E-state index contributed by atoms with van der Waals surface area (Å²) in [5, 5.41) is 0. The molecular weight excluding hydrogens is 188 g/mol. The highest BCUT2D eigenvalue weighted by Crippen LogP contribution is 2.30. The van der Waals surface area contributed by atoms with Gasteiger partial charge in [0.15, 0.2) is 0 Å². The molecule has 0 saturated carbocycles. The number of rotatable bonds is 7. The van der Waals surface area contributed by atoms with E-state index in [0.29, 0.717) is 6.61 Å². The average Bonchev–Trinajstić information content (AvgIpc) is 2.24. The van der Waals surface area contributed by atoms with Crippen LogP contribution in [0.1, 0.15) is 52.9 Å². The highest BCUT2D eigenvalue weighted by Gasteiger charge is 2.24. The van der Waals surface area contributed by atoms with E-state index in [-0.39, 0.29) is 5.41 Å². The monoisotopic (exact) mass is 210 g/mol. The normalized spacial score (nSPS) is 14.0. The largest absolute Gasteiger partial charge is 0.456 e. The molecule has 1 atom stereocenters. The minimum atomic E-state index is -0.547. The Balaban J connectivity index is 4.12. The third-order valence-corrected chi connectivity index (χ3v) is 2.66. The van der Waals surface area contributed by atoms with E-state index in [1.54, 1.807) is 0 Å². The molecular formula is C13H22O2. The lowest BCUT2D eigenvalue weighted by atomic mass is 9.81. The lowest BCUT2D eigenvalue weighted by Gasteiger charge is -2.28. The minimum absolute atomic E-state index is 0.0945. The van der Waals surface area contributed by atoms with Crippen LogP contribution in [0.5, 0.6) is 0 Å². The van der Waals surface area contributed by atoms with Crippen molar-refractivity contribution < 1.29 is 9.53 Å². The molecule has 0 aliphatic heterocycles. The third kappa shape index (κ3) is 6.17. The summed E-state index contributed by atoms with van der Waals surface area (Å²) < 4.78 is 5.03. The topological polar surface area (TPSA) is 26.3 Å². The van der Waals surface area contributed by atoms with Crippen molar-refractivity contribution in [2.24, 2.45) is 5.41 Å². The van der Waals surface area contributed by atoms with Crippen LogP contribution in [0.15, 0.2) is 0 Å². The SMILES string of the molecule is C#CC(=O)OCC(C)(CCC)CCCC. The fourth-order valence-corrected chi connectivity index (χ4v) is 1.76. The summed E-state index contributed by atoms with van der Waals surface area (Å²) >= 11 is 0. The Morgan fingerprint density at radius 1 is 1.33 bits per heavy atom. The quantitative estimate of drug-likeness (QED) is 0.366. The Bertz CT molecular complexity index is 227. The van der Waals surface area contributed by atoms with Gasteiger partial charge in [-0.3, -0.25) is 0 Å². The number of carbonyl (C=O) groups is 1. The van der Waals surface area contributed by atoms with E-state index in [1.165, 1.54) is 12.8 Å². The van der Waals surface area contributed by atoms with Crippen molar-refractivity contribution in [1.29, 1.82) is 0 Å². The van der Waals surface area contributed by atoms with Gasteiger partial charge in [-0.15, -0.1) is 6.42 Å². The van der Waals surface area contributed by atoms with Gasteiger partial charge in [0.05, 0.1) is 6.61 Å².